The van der Waals surface area contributed by atoms with E-state index in [-0.39, 0.29) is 5.97 Å². The molecule has 0 saturated heterocycles. The summed E-state index contributed by atoms with van der Waals surface area (Å²) in [5.74, 6) is 0.725. The van der Waals surface area contributed by atoms with Gasteiger partial charge in [0.15, 0.2) is 0 Å². The van der Waals surface area contributed by atoms with Gasteiger partial charge >= 0.3 is 5.97 Å². The Hall–Kier alpha value is -1.51. The second-order valence-electron chi connectivity index (χ2n) is 3.57. The standard InChI is InChI=1S/C13H18O3/c1-3-4-13(14)16-10-9-11-5-7-12(15-2)8-6-11/h5-8H,3-4,9-10H2,1-2H3. The summed E-state index contributed by atoms with van der Waals surface area (Å²) in [6, 6.07) is 7.77. The molecule has 0 heterocycles. The van der Waals surface area contributed by atoms with Crippen LogP contribution in [0.5, 0.6) is 5.75 Å². The van der Waals surface area contributed by atoms with Crippen molar-refractivity contribution in [2.24, 2.45) is 0 Å². The molecule has 0 amide bonds. The van der Waals surface area contributed by atoms with E-state index in [0.717, 1.165) is 24.2 Å². The maximum absolute atomic E-state index is 11.1. The number of methoxy groups -OCH3 is 1. The van der Waals surface area contributed by atoms with Crippen LogP contribution in [0.2, 0.25) is 0 Å². The van der Waals surface area contributed by atoms with Crippen molar-refractivity contribution < 1.29 is 14.3 Å². The van der Waals surface area contributed by atoms with E-state index in [1.54, 1.807) is 7.11 Å². The fourth-order valence-corrected chi connectivity index (χ4v) is 1.35. The molecule has 0 saturated carbocycles. The van der Waals surface area contributed by atoms with Crippen molar-refractivity contribution in [2.45, 2.75) is 26.2 Å². The van der Waals surface area contributed by atoms with Crippen molar-refractivity contribution in [3.8, 4) is 5.75 Å². The Balaban J connectivity index is 2.29. The number of benzene rings is 1. The van der Waals surface area contributed by atoms with Crippen LogP contribution in [0.3, 0.4) is 0 Å². The number of carbonyl (C=O) groups is 1. The third-order valence-electron chi connectivity index (χ3n) is 2.27. The molecule has 1 aromatic carbocycles. The molecule has 0 unspecified atom stereocenters. The molecule has 0 aromatic heterocycles. The molecule has 0 bridgehead atoms. The topological polar surface area (TPSA) is 35.5 Å². The van der Waals surface area contributed by atoms with E-state index in [2.05, 4.69) is 0 Å². The second-order valence-corrected chi connectivity index (χ2v) is 3.57. The van der Waals surface area contributed by atoms with E-state index in [1.165, 1.54) is 0 Å². The highest BCUT2D eigenvalue weighted by molar-refractivity contribution is 5.69. The van der Waals surface area contributed by atoms with Crippen LogP contribution in [0, 0.1) is 0 Å². The summed E-state index contributed by atoms with van der Waals surface area (Å²) in [5, 5.41) is 0. The van der Waals surface area contributed by atoms with Crippen molar-refractivity contribution in [2.75, 3.05) is 13.7 Å². The van der Waals surface area contributed by atoms with Gasteiger partial charge in [-0.2, -0.15) is 0 Å². The number of esters is 1. The van der Waals surface area contributed by atoms with Gasteiger partial charge in [-0.1, -0.05) is 19.1 Å². The van der Waals surface area contributed by atoms with Crippen molar-refractivity contribution in [3.63, 3.8) is 0 Å². The van der Waals surface area contributed by atoms with E-state index < -0.39 is 0 Å². The summed E-state index contributed by atoms with van der Waals surface area (Å²) in [6.45, 7) is 2.41. The van der Waals surface area contributed by atoms with Gasteiger partial charge in [0.05, 0.1) is 13.7 Å². The molecule has 3 heteroatoms. The Bertz CT molecular complexity index is 316. The lowest BCUT2D eigenvalue weighted by Gasteiger charge is -2.05. The largest absolute Gasteiger partial charge is 0.497 e. The Kier molecular flexibility index (Phi) is 5.40. The summed E-state index contributed by atoms with van der Waals surface area (Å²) >= 11 is 0. The van der Waals surface area contributed by atoms with E-state index in [1.807, 2.05) is 31.2 Å². The van der Waals surface area contributed by atoms with Crippen LogP contribution in [0.25, 0.3) is 0 Å². The van der Waals surface area contributed by atoms with Gasteiger partial charge in [-0.3, -0.25) is 4.79 Å². The van der Waals surface area contributed by atoms with E-state index >= 15 is 0 Å². The first kappa shape index (κ1) is 12.6. The van der Waals surface area contributed by atoms with Gasteiger partial charge in [-0.15, -0.1) is 0 Å². The van der Waals surface area contributed by atoms with Gasteiger partial charge < -0.3 is 9.47 Å². The number of hydrogen-bond donors (Lipinski definition) is 0. The molecular weight excluding hydrogens is 204 g/mol. The Labute approximate surface area is 96.4 Å². The zero-order valence-corrected chi connectivity index (χ0v) is 9.86. The van der Waals surface area contributed by atoms with Gasteiger partial charge in [-0.05, 0) is 24.1 Å². The van der Waals surface area contributed by atoms with Crippen LogP contribution >= 0.6 is 0 Å². The monoisotopic (exact) mass is 222 g/mol. The number of rotatable bonds is 6. The van der Waals surface area contributed by atoms with Gasteiger partial charge in [0.25, 0.3) is 0 Å². The predicted molar refractivity (Wildman–Crippen MR) is 62.6 cm³/mol. The van der Waals surface area contributed by atoms with Crippen molar-refractivity contribution in [1.29, 1.82) is 0 Å². The predicted octanol–water partition coefficient (Wildman–Crippen LogP) is 2.58. The summed E-state index contributed by atoms with van der Waals surface area (Å²) in [4.78, 5) is 11.1. The quantitative estimate of drug-likeness (QED) is 0.694. The lowest BCUT2D eigenvalue weighted by molar-refractivity contribution is -0.143. The third-order valence-corrected chi connectivity index (χ3v) is 2.27. The average Bonchev–Trinajstić information content (AvgIpc) is 2.30. The molecular formula is C13H18O3. The van der Waals surface area contributed by atoms with Crippen LogP contribution in [0.15, 0.2) is 24.3 Å². The minimum absolute atomic E-state index is 0.115. The van der Waals surface area contributed by atoms with Crippen LogP contribution in [-0.4, -0.2) is 19.7 Å². The Morgan fingerprint density at radius 1 is 1.25 bits per heavy atom. The highest BCUT2D eigenvalue weighted by atomic mass is 16.5. The number of carbonyl (C=O) groups excluding carboxylic acids is 1. The maximum atomic E-state index is 11.1. The number of hydrogen-bond acceptors (Lipinski definition) is 3. The van der Waals surface area contributed by atoms with Gasteiger partial charge in [0, 0.05) is 12.8 Å². The molecule has 16 heavy (non-hydrogen) atoms. The Morgan fingerprint density at radius 2 is 1.94 bits per heavy atom. The smallest absolute Gasteiger partial charge is 0.305 e. The van der Waals surface area contributed by atoms with E-state index in [4.69, 9.17) is 9.47 Å². The Morgan fingerprint density at radius 3 is 2.50 bits per heavy atom. The van der Waals surface area contributed by atoms with Crippen molar-refractivity contribution in [3.05, 3.63) is 29.8 Å². The number of ether oxygens (including phenoxy) is 2. The van der Waals surface area contributed by atoms with Crippen molar-refractivity contribution >= 4 is 5.97 Å². The van der Waals surface area contributed by atoms with E-state index in [0.29, 0.717) is 13.0 Å². The molecule has 1 aromatic rings. The summed E-state index contributed by atoms with van der Waals surface area (Å²) in [5.41, 5.74) is 1.14. The normalized spacial score (nSPS) is 9.88. The van der Waals surface area contributed by atoms with Crippen molar-refractivity contribution in [1.82, 2.24) is 0 Å². The maximum Gasteiger partial charge on any atom is 0.305 e. The lowest BCUT2D eigenvalue weighted by Crippen LogP contribution is -2.06. The zero-order chi connectivity index (χ0) is 11.8. The van der Waals surface area contributed by atoms with Crippen LogP contribution in [0.4, 0.5) is 0 Å². The highest BCUT2D eigenvalue weighted by Crippen LogP contribution is 2.11. The molecule has 0 aliphatic carbocycles. The van der Waals surface area contributed by atoms with Crippen LogP contribution in [0.1, 0.15) is 25.3 Å². The van der Waals surface area contributed by atoms with Gasteiger partial charge in [0.1, 0.15) is 5.75 Å². The fourth-order valence-electron chi connectivity index (χ4n) is 1.35. The molecule has 0 N–H and O–H groups in total. The van der Waals surface area contributed by atoms with Crippen LogP contribution in [-0.2, 0) is 16.0 Å². The minimum Gasteiger partial charge on any atom is -0.497 e. The van der Waals surface area contributed by atoms with E-state index in [9.17, 15) is 4.79 Å². The zero-order valence-electron chi connectivity index (χ0n) is 9.86. The molecule has 0 aliphatic heterocycles. The SMILES string of the molecule is CCCC(=O)OCCc1ccc(OC)cc1. The summed E-state index contributed by atoms with van der Waals surface area (Å²) in [6.07, 6.45) is 2.09. The van der Waals surface area contributed by atoms with Crippen LogP contribution < -0.4 is 4.74 Å². The third kappa shape index (κ3) is 4.34. The van der Waals surface area contributed by atoms with Gasteiger partial charge in [0.2, 0.25) is 0 Å². The molecule has 0 radical (unpaired) electrons. The second kappa shape index (κ2) is 6.88. The molecule has 88 valence electrons. The average molecular weight is 222 g/mol. The summed E-state index contributed by atoms with van der Waals surface area (Å²) < 4.78 is 10.1. The molecule has 0 aliphatic rings. The lowest BCUT2D eigenvalue weighted by atomic mass is 10.1. The molecule has 1 rings (SSSR count). The molecule has 0 spiro atoms. The summed E-state index contributed by atoms with van der Waals surface area (Å²) in [7, 11) is 1.64. The highest BCUT2D eigenvalue weighted by Gasteiger charge is 2.00. The fraction of sp³-hybridized carbons (Fsp3) is 0.462. The molecule has 0 fully saturated rings. The molecule has 0 atom stereocenters. The minimum atomic E-state index is -0.115. The van der Waals surface area contributed by atoms with Gasteiger partial charge in [-0.25, -0.2) is 0 Å². The molecule has 3 nitrogen and oxygen atoms in total. The first-order valence-electron chi connectivity index (χ1n) is 5.54. The first-order valence-corrected chi connectivity index (χ1v) is 5.54. The first-order chi connectivity index (χ1) is 7.76.